The monoisotopic (exact) mass is 419 g/mol. The Morgan fingerprint density at radius 1 is 0.656 bits per heavy atom. The van der Waals surface area contributed by atoms with E-state index in [0.717, 1.165) is 33.2 Å². The predicted octanol–water partition coefficient (Wildman–Crippen LogP) is 8.27. The Kier molecular flexibility index (Phi) is 4.70. The number of hydrogen-bond donors (Lipinski definition) is 0. The normalized spacial score (nSPS) is 12.5. The fourth-order valence-electron chi connectivity index (χ4n) is 4.45. The third-order valence-electron chi connectivity index (χ3n) is 6.62. The summed E-state index contributed by atoms with van der Waals surface area (Å²) in [5, 5.41) is 2.27. The van der Waals surface area contributed by atoms with E-state index in [-0.39, 0.29) is 10.8 Å². The molecule has 3 aromatic carbocycles. The number of para-hydroxylation sites is 1. The highest BCUT2D eigenvalue weighted by atomic mass is 16.3. The first-order valence-electron chi connectivity index (χ1n) is 11.2. The number of benzene rings is 3. The van der Waals surface area contributed by atoms with Gasteiger partial charge in [0.05, 0.1) is 5.69 Å². The summed E-state index contributed by atoms with van der Waals surface area (Å²) in [5.74, 6) is 0. The van der Waals surface area contributed by atoms with Crippen LogP contribution in [0.4, 0.5) is 0 Å². The van der Waals surface area contributed by atoms with Gasteiger partial charge in [-0.15, -0.1) is 0 Å². The zero-order valence-electron chi connectivity index (χ0n) is 19.4. The van der Waals surface area contributed by atoms with E-state index < -0.39 is 0 Å². The summed E-state index contributed by atoms with van der Waals surface area (Å²) < 4.78 is 6.50. The van der Waals surface area contributed by atoms with Gasteiger partial charge in [-0.1, -0.05) is 89.2 Å². The molecule has 0 radical (unpaired) electrons. The first kappa shape index (κ1) is 20.5. The number of rotatable bonds is 3. The molecule has 32 heavy (non-hydrogen) atoms. The van der Waals surface area contributed by atoms with E-state index in [1.807, 2.05) is 6.20 Å². The summed E-state index contributed by atoms with van der Waals surface area (Å²) in [6, 6.07) is 27.9. The summed E-state index contributed by atoms with van der Waals surface area (Å²) >= 11 is 0. The number of furan rings is 1. The molecule has 2 aromatic heterocycles. The van der Waals surface area contributed by atoms with Crippen LogP contribution < -0.4 is 0 Å². The molecule has 0 unspecified atom stereocenters. The van der Waals surface area contributed by atoms with Gasteiger partial charge in [-0.05, 0) is 46.4 Å². The predicted molar refractivity (Wildman–Crippen MR) is 134 cm³/mol. The summed E-state index contributed by atoms with van der Waals surface area (Å²) in [6.07, 6.45) is 1.90. The van der Waals surface area contributed by atoms with Crippen LogP contribution in [0.5, 0.6) is 0 Å². The van der Waals surface area contributed by atoms with Gasteiger partial charge in [0.1, 0.15) is 11.2 Å². The number of hydrogen-bond acceptors (Lipinski definition) is 2. The largest absolute Gasteiger partial charge is 0.455 e. The lowest BCUT2D eigenvalue weighted by Crippen LogP contribution is -2.18. The van der Waals surface area contributed by atoms with Crippen LogP contribution in [0.2, 0.25) is 0 Å². The minimum Gasteiger partial charge on any atom is -0.455 e. The van der Waals surface area contributed by atoms with Crippen molar-refractivity contribution >= 4 is 21.9 Å². The van der Waals surface area contributed by atoms with Crippen molar-refractivity contribution in [2.24, 2.45) is 0 Å². The minimum absolute atomic E-state index is 0.0669. The molecule has 2 heterocycles. The fraction of sp³-hybridized carbons (Fsp3) is 0.233. The SMILES string of the molecule is CC(C)(C)c1ccnc(-c2cccc3c2oc2cc(C(C)(C)c4ccccc4)ccc23)c1. The highest BCUT2D eigenvalue weighted by Crippen LogP contribution is 2.39. The van der Waals surface area contributed by atoms with E-state index in [1.54, 1.807) is 0 Å². The molecule has 0 fully saturated rings. The number of fused-ring (bicyclic) bond motifs is 3. The van der Waals surface area contributed by atoms with E-state index in [0.29, 0.717) is 0 Å². The second kappa shape index (κ2) is 7.34. The van der Waals surface area contributed by atoms with Gasteiger partial charge in [0.25, 0.3) is 0 Å². The lowest BCUT2D eigenvalue weighted by molar-refractivity contribution is 0.589. The van der Waals surface area contributed by atoms with Crippen LogP contribution in [0.1, 0.15) is 51.3 Å². The van der Waals surface area contributed by atoms with Crippen molar-refractivity contribution in [2.75, 3.05) is 0 Å². The van der Waals surface area contributed by atoms with Gasteiger partial charge < -0.3 is 4.42 Å². The van der Waals surface area contributed by atoms with E-state index in [1.165, 1.54) is 16.7 Å². The molecule has 0 N–H and O–H groups in total. The Morgan fingerprint density at radius 3 is 2.19 bits per heavy atom. The Morgan fingerprint density at radius 2 is 1.44 bits per heavy atom. The molecule has 2 nitrogen and oxygen atoms in total. The van der Waals surface area contributed by atoms with E-state index >= 15 is 0 Å². The molecule has 0 bridgehead atoms. The molecule has 2 heteroatoms. The van der Waals surface area contributed by atoms with Crippen LogP contribution in [0.3, 0.4) is 0 Å². The number of aromatic nitrogens is 1. The van der Waals surface area contributed by atoms with Crippen molar-refractivity contribution < 1.29 is 4.42 Å². The van der Waals surface area contributed by atoms with Crippen LogP contribution in [0.25, 0.3) is 33.2 Å². The lowest BCUT2D eigenvalue weighted by atomic mass is 9.78. The maximum absolute atomic E-state index is 6.50. The van der Waals surface area contributed by atoms with Crippen molar-refractivity contribution in [3.63, 3.8) is 0 Å². The maximum Gasteiger partial charge on any atom is 0.144 e. The summed E-state index contributed by atoms with van der Waals surface area (Å²) in [6.45, 7) is 11.2. The van der Waals surface area contributed by atoms with Crippen molar-refractivity contribution in [1.82, 2.24) is 4.98 Å². The molecule has 5 aromatic rings. The fourth-order valence-corrected chi connectivity index (χ4v) is 4.45. The molecule has 0 saturated carbocycles. The first-order chi connectivity index (χ1) is 15.2. The molecule has 160 valence electrons. The Hall–Kier alpha value is -3.39. The van der Waals surface area contributed by atoms with E-state index in [9.17, 15) is 0 Å². The van der Waals surface area contributed by atoms with Crippen molar-refractivity contribution in [1.29, 1.82) is 0 Å². The topological polar surface area (TPSA) is 26.0 Å². The second-order valence-corrected chi connectivity index (χ2v) is 10.2. The zero-order chi connectivity index (χ0) is 22.5. The number of pyridine rings is 1. The molecule has 0 aliphatic carbocycles. The minimum atomic E-state index is -0.111. The van der Waals surface area contributed by atoms with E-state index in [2.05, 4.69) is 118 Å². The summed E-state index contributed by atoms with van der Waals surface area (Å²) in [4.78, 5) is 4.68. The molecule has 0 atom stereocenters. The number of nitrogens with zero attached hydrogens (tertiary/aromatic N) is 1. The van der Waals surface area contributed by atoms with Crippen molar-refractivity contribution in [3.05, 3.63) is 102 Å². The van der Waals surface area contributed by atoms with Crippen LogP contribution in [0, 0.1) is 0 Å². The molecule has 0 aliphatic heterocycles. The van der Waals surface area contributed by atoms with Gasteiger partial charge in [0.15, 0.2) is 0 Å². The van der Waals surface area contributed by atoms with Crippen molar-refractivity contribution in [3.8, 4) is 11.3 Å². The van der Waals surface area contributed by atoms with Crippen LogP contribution >= 0.6 is 0 Å². The Balaban J connectivity index is 1.67. The second-order valence-electron chi connectivity index (χ2n) is 10.2. The third kappa shape index (κ3) is 3.40. The molecule has 0 spiro atoms. The van der Waals surface area contributed by atoms with Gasteiger partial charge in [-0.25, -0.2) is 0 Å². The molecular formula is C30H29NO. The van der Waals surface area contributed by atoms with Crippen LogP contribution in [-0.4, -0.2) is 4.98 Å². The quantitative estimate of drug-likeness (QED) is 0.294. The van der Waals surface area contributed by atoms with Gasteiger partial charge in [-0.2, -0.15) is 0 Å². The van der Waals surface area contributed by atoms with Gasteiger partial charge in [-0.3, -0.25) is 4.98 Å². The highest BCUT2D eigenvalue weighted by molar-refractivity contribution is 6.09. The molecule has 0 saturated heterocycles. The summed E-state index contributed by atoms with van der Waals surface area (Å²) in [7, 11) is 0. The smallest absolute Gasteiger partial charge is 0.144 e. The van der Waals surface area contributed by atoms with E-state index in [4.69, 9.17) is 4.42 Å². The lowest BCUT2D eigenvalue weighted by Gasteiger charge is -2.26. The molecular weight excluding hydrogens is 390 g/mol. The van der Waals surface area contributed by atoms with Gasteiger partial charge in [0.2, 0.25) is 0 Å². The standard InChI is InChI=1S/C30H29NO/c1-29(2,3)21-16-17-31-26(18-21)25-13-9-12-24-23-15-14-22(19-27(23)32-28(24)25)30(4,5)20-10-7-6-8-11-20/h6-19H,1-5H3. The van der Waals surface area contributed by atoms with Crippen LogP contribution in [0.15, 0.2) is 89.5 Å². The molecule has 0 amide bonds. The van der Waals surface area contributed by atoms with Crippen molar-refractivity contribution in [2.45, 2.75) is 45.4 Å². The van der Waals surface area contributed by atoms with Gasteiger partial charge >= 0.3 is 0 Å². The highest BCUT2D eigenvalue weighted by Gasteiger charge is 2.24. The maximum atomic E-state index is 6.50. The van der Waals surface area contributed by atoms with Crippen LogP contribution in [-0.2, 0) is 10.8 Å². The third-order valence-corrected chi connectivity index (χ3v) is 6.62. The summed E-state index contributed by atoms with van der Waals surface area (Å²) in [5.41, 5.74) is 7.56. The first-order valence-corrected chi connectivity index (χ1v) is 11.2. The average molecular weight is 420 g/mol. The molecule has 5 rings (SSSR count). The average Bonchev–Trinajstić information content (AvgIpc) is 3.17. The molecule has 0 aliphatic rings. The Bertz CT molecular complexity index is 1420. The van der Waals surface area contributed by atoms with Gasteiger partial charge in [0, 0.05) is 27.9 Å². The zero-order valence-corrected chi connectivity index (χ0v) is 19.4. The Labute approximate surface area is 189 Å².